The number of hydrogen-bond donors (Lipinski definition) is 4. The van der Waals surface area contributed by atoms with Crippen LogP contribution in [0.3, 0.4) is 0 Å². The molecule has 2 aliphatic rings. The Labute approximate surface area is 310 Å². The maximum atomic E-state index is 14.2. The van der Waals surface area contributed by atoms with Crippen LogP contribution in [-0.4, -0.2) is 86.7 Å². The van der Waals surface area contributed by atoms with E-state index in [4.69, 9.17) is 16.2 Å². The highest BCUT2D eigenvalue weighted by Gasteiger charge is 2.57. The molecule has 272 valence electrons. The summed E-state index contributed by atoms with van der Waals surface area (Å²) in [5, 5.41) is 3.38. The van der Waals surface area contributed by atoms with Crippen LogP contribution in [-0.2, 0) is 19.9 Å². The van der Waals surface area contributed by atoms with Gasteiger partial charge >= 0.3 is 12.1 Å². The number of fused-ring (bicyclic) bond motifs is 1. The first-order valence-electron chi connectivity index (χ1n) is 17.5. The summed E-state index contributed by atoms with van der Waals surface area (Å²) in [5.41, 5.74) is 12.7. The Morgan fingerprint density at radius 1 is 0.941 bits per heavy atom. The molecular weight excluding hydrogens is 683 g/mol. The molecule has 0 spiro atoms. The average molecular weight is 732 g/mol. The Hall–Kier alpha value is -3.84. The van der Waals surface area contributed by atoms with Crippen molar-refractivity contribution in [3.8, 4) is 0 Å². The van der Waals surface area contributed by atoms with Gasteiger partial charge in [0.25, 0.3) is 0 Å². The Bertz CT molecular complexity index is 1560. The van der Waals surface area contributed by atoms with E-state index in [2.05, 4.69) is 59.2 Å². The standard InChI is InChI=1S/C39H49N5O5S2/c1-38(2,3)49-37(48)43(31(24-50)35(46)29(41)23-40)33(45)22-14-13-21-32-34-30(25-51-32)42-36(47)44(34)39(26-15-7-4-8-16-26,27-17-9-5-10-18-27)28-19-11-6-12-20-28/h4-12,15-20,29-32,34,50H,13-14,21-25,40-41H2,1-3H3,(H,42,47)/t29?,30-,31+,32-,34-/m0/s1. The van der Waals surface area contributed by atoms with Gasteiger partial charge < -0.3 is 26.4 Å². The van der Waals surface area contributed by atoms with E-state index in [1.807, 2.05) is 66.4 Å². The number of urea groups is 1. The summed E-state index contributed by atoms with van der Waals surface area (Å²) in [6, 6.07) is 28.0. The van der Waals surface area contributed by atoms with Crippen LogP contribution in [0.5, 0.6) is 0 Å². The van der Waals surface area contributed by atoms with E-state index in [0.29, 0.717) is 12.8 Å². The van der Waals surface area contributed by atoms with Gasteiger partial charge in [-0.05, 0) is 50.3 Å². The summed E-state index contributed by atoms with van der Waals surface area (Å²) in [7, 11) is 0. The number of ketones is 1. The molecule has 0 aliphatic carbocycles. The fourth-order valence-corrected chi connectivity index (χ4v) is 9.14. The summed E-state index contributed by atoms with van der Waals surface area (Å²) in [6.45, 7) is 4.95. The summed E-state index contributed by atoms with van der Waals surface area (Å²) in [5.74, 6) is -0.419. The van der Waals surface area contributed by atoms with Crippen LogP contribution >= 0.6 is 24.4 Å². The summed E-state index contributed by atoms with van der Waals surface area (Å²) in [4.78, 5) is 57.2. The number of carbonyl (C=O) groups is 4. The number of hydrogen-bond acceptors (Lipinski definition) is 9. The topological polar surface area (TPSA) is 148 Å². The van der Waals surface area contributed by atoms with Gasteiger partial charge in [-0.1, -0.05) is 97.4 Å². The van der Waals surface area contributed by atoms with Gasteiger partial charge in [-0.3, -0.25) is 9.59 Å². The van der Waals surface area contributed by atoms with Gasteiger partial charge in [-0.2, -0.15) is 24.4 Å². The van der Waals surface area contributed by atoms with Crippen molar-refractivity contribution in [2.45, 2.75) is 87.0 Å². The van der Waals surface area contributed by atoms with E-state index in [1.165, 1.54) is 0 Å². The Morgan fingerprint density at radius 2 is 1.47 bits per heavy atom. The van der Waals surface area contributed by atoms with E-state index in [1.54, 1.807) is 20.8 Å². The molecule has 1 unspecified atom stereocenters. The number of thiol groups is 1. The monoisotopic (exact) mass is 731 g/mol. The predicted molar refractivity (Wildman–Crippen MR) is 205 cm³/mol. The third kappa shape index (κ3) is 8.14. The molecule has 0 aromatic heterocycles. The fourth-order valence-electron chi connectivity index (χ4n) is 7.22. The van der Waals surface area contributed by atoms with Crippen LogP contribution in [0.4, 0.5) is 9.59 Å². The second kappa shape index (κ2) is 16.7. The first-order valence-corrected chi connectivity index (χ1v) is 19.2. The van der Waals surface area contributed by atoms with Crippen LogP contribution in [0.15, 0.2) is 91.0 Å². The molecule has 2 aliphatic heterocycles. The lowest BCUT2D eigenvalue weighted by Gasteiger charge is -2.46. The van der Waals surface area contributed by atoms with Crippen molar-refractivity contribution in [1.29, 1.82) is 0 Å². The van der Waals surface area contributed by atoms with Crippen molar-refractivity contribution in [1.82, 2.24) is 15.1 Å². The Morgan fingerprint density at radius 3 is 1.94 bits per heavy atom. The number of nitrogens with two attached hydrogens (primary N) is 2. The molecule has 0 radical (unpaired) electrons. The van der Waals surface area contributed by atoms with Crippen LogP contribution in [0.25, 0.3) is 0 Å². The summed E-state index contributed by atoms with van der Waals surface area (Å²) < 4.78 is 5.53. The fraction of sp³-hybridized carbons (Fsp3) is 0.436. The molecule has 2 saturated heterocycles. The second-order valence-electron chi connectivity index (χ2n) is 14.0. The van der Waals surface area contributed by atoms with E-state index >= 15 is 0 Å². The summed E-state index contributed by atoms with van der Waals surface area (Å²) in [6.07, 6.45) is 0.962. The molecule has 10 nitrogen and oxygen atoms in total. The van der Waals surface area contributed by atoms with E-state index < -0.39 is 41.0 Å². The van der Waals surface area contributed by atoms with Crippen molar-refractivity contribution in [2.75, 3.05) is 18.1 Å². The molecule has 3 aromatic rings. The molecule has 0 saturated carbocycles. The number of rotatable bonds is 14. The van der Waals surface area contributed by atoms with Crippen LogP contribution in [0, 0.1) is 0 Å². The molecule has 5 N–H and O–H groups in total. The number of unbranched alkanes of at least 4 members (excludes halogenated alkanes) is 1. The largest absolute Gasteiger partial charge is 0.443 e. The minimum atomic E-state index is -1.20. The summed E-state index contributed by atoms with van der Waals surface area (Å²) >= 11 is 6.12. The van der Waals surface area contributed by atoms with Gasteiger partial charge in [0.15, 0.2) is 5.78 Å². The quantitative estimate of drug-likeness (QED) is 0.0753. The number of nitrogens with zero attached hydrogens (tertiary/aromatic N) is 2. The third-order valence-electron chi connectivity index (χ3n) is 9.47. The molecule has 2 fully saturated rings. The van der Waals surface area contributed by atoms with Crippen LogP contribution in [0.1, 0.15) is 63.1 Å². The zero-order valence-corrected chi connectivity index (χ0v) is 31.2. The highest BCUT2D eigenvalue weighted by Crippen LogP contribution is 2.49. The van der Waals surface area contributed by atoms with Crippen molar-refractivity contribution >= 4 is 48.2 Å². The van der Waals surface area contributed by atoms with Gasteiger partial charge in [0.1, 0.15) is 17.2 Å². The highest BCUT2D eigenvalue weighted by molar-refractivity contribution is 8.00. The highest BCUT2D eigenvalue weighted by atomic mass is 32.2. The van der Waals surface area contributed by atoms with Crippen LogP contribution in [0.2, 0.25) is 0 Å². The Kier molecular flexibility index (Phi) is 12.5. The lowest BCUT2D eigenvalue weighted by atomic mass is 9.74. The zero-order chi connectivity index (χ0) is 36.8. The molecule has 3 aromatic carbocycles. The SMILES string of the molecule is CC(C)(C)OC(=O)N(C(=O)CCCC[C@@H]1SC[C@@H]2NC(=O)N(C(c3ccccc3)(c3ccccc3)c3ccccc3)[C@@H]21)[C@H](CS)C(=O)C(N)CN. The van der Waals surface area contributed by atoms with Crippen molar-refractivity contribution in [2.24, 2.45) is 11.5 Å². The van der Waals surface area contributed by atoms with Crippen molar-refractivity contribution in [3.63, 3.8) is 0 Å². The number of imide groups is 1. The number of Topliss-reactive ketones (excluding diaryl/α,β-unsaturated/α-hetero) is 1. The van der Waals surface area contributed by atoms with Gasteiger partial charge in [0.2, 0.25) is 5.91 Å². The maximum Gasteiger partial charge on any atom is 0.417 e. The molecular formula is C39H49N5O5S2. The predicted octanol–water partition coefficient (Wildman–Crippen LogP) is 5.33. The Balaban J connectivity index is 1.40. The van der Waals surface area contributed by atoms with Gasteiger partial charge in [-0.25, -0.2) is 14.5 Å². The lowest BCUT2D eigenvalue weighted by molar-refractivity contribution is -0.138. The molecule has 12 heteroatoms. The smallest absolute Gasteiger partial charge is 0.417 e. The molecule has 51 heavy (non-hydrogen) atoms. The number of nitrogens with one attached hydrogen (secondary N) is 1. The first kappa shape index (κ1) is 38.4. The first-order chi connectivity index (χ1) is 24.4. The zero-order valence-electron chi connectivity index (χ0n) is 29.4. The lowest BCUT2D eigenvalue weighted by Crippen LogP contribution is -2.56. The average Bonchev–Trinajstić information content (AvgIpc) is 3.67. The molecule has 5 rings (SSSR count). The number of benzene rings is 3. The van der Waals surface area contributed by atoms with E-state index in [0.717, 1.165) is 33.8 Å². The van der Waals surface area contributed by atoms with Gasteiger partial charge in [-0.15, -0.1) is 0 Å². The van der Waals surface area contributed by atoms with Gasteiger partial charge in [0.05, 0.1) is 18.1 Å². The minimum absolute atomic E-state index is 0.0169. The van der Waals surface area contributed by atoms with Crippen molar-refractivity contribution < 1.29 is 23.9 Å². The number of thioether (sulfide) groups is 1. The van der Waals surface area contributed by atoms with Crippen LogP contribution < -0.4 is 16.8 Å². The van der Waals surface area contributed by atoms with E-state index in [-0.39, 0.29) is 42.1 Å². The van der Waals surface area contributed by atoms with E-state index in [9.17, 15) is 19.2 Å². The molecule has 2 heterocycles. The second-order valence-corrected chi connectivity index (χ2v) is 15.7. The third-order valence-corrected chi connectivity index (χ3v) is 11.3. The minimum Gasteiger partial charge on any atom is -0.443 e. The normalized spacial score (nSPS) is 19.9. The van der Waals surface area contributed by atoms with Gasteiger partial charge in [0, 0.05) is 29.7 Å². The number of carbonyl (C=O) groups excluding carboxylic acids is 4. The molecule has 5 atom stereocenters. The maximum absolute atomic E-state index is 14.2. The molecule has 4 amide bonds. The molecule has 0 bridgehead atoms. The number of ether oxygens (including phenoxy) is 1. The number of amides is 4. The van der Waals surface area contributed by atoms with Crippen molar-refractivity contribution in [3.05, 3.63) is 108 Å².